The minimum absolute atomic E-state index is 0.0914. The molecule has 2 aromatic rings. The van der Waals surface area contributed by atoms with Crippen molar-refractivity contribution < 1.29 is 29.0 Å². The zero-order valence-electron chi connectivity index (χ0n) is 19.7. The summed E-state index contributed by atoms with van der Waals surface area (Å²) in [6.07, 6.45) is -0.672. The Bertz CT molecular complexity index is 938. The van der Waals surface area contributed by atoms with E-state index in [1.165, 1.54) is 7.11 Å². The number of carboxylic acid groups (broad SMARTS) is 1. The number of hydrazine groups is 1. The molecular formula is C25H32N2O6. The van der Waals surface area contributed by atoms with Gasteiger partial charge in [-0.2, -0.15) is 0 Å². The third kappa shape index (κ3) is 8.23. The maximum absolute atomic E-state index is 13.1. The lowest BCUT2D eigenvalue weighted by Gasteiger charge is -2.34. The molecule has 2 rings (SSSR count). The van der Waals surface area contributed by atoms with Gasteiger partial charge in [0.05, 0.1) is 7.11 Å². The fourth-order valence-electron chi connectivity index (χ4n) is 3.15. The van der Waals surface area contributed by atoms with Crippen molar-refractivity contribution in [1.29, 1.82) is 0 Å². The fraction of sp³-hybridized carbons (Fsp3) is 0.400. The van der Waals surface area contributed by atoms with Gasteiger partial charge in [0.2, 0.25) is 0 Å². The molecule has 178 valence electrons. The molecule has 0 unspecified atom stereocenters. The average Bonchev–Trinajstić information content (AvgIpc) is 2.75. The van der Waals surface area contributed by atoms with Crippen molar-refractivity contribution in [3.05, 3.63) is 71.3 Å². The molecule has 2 N–H and O–H groups in total. The minimum atomic E-state index is -1.19. The summed E-state index contributed by atoms with van der Waals surface area (Å²) >= 11 is 0. The molecule has 0 aliphatic heterocycles. The summed E-state index contributed by atoms with van der Waals surface area (Å²) in [4.78, 5) is 37.9. The van der Waals surface area contributed by atoms with E-state index in [9.17, 15) is 19.5 Å². The van der Waals surface area contributed by atoms with Crippen molar-refractivity contribution in [2.75, 3.05) is 7.11 Å². The molecule has 0 aliphatic carbocycles. The van der Waals surface area contributed by atoms with Crippen LogP contribution in [0.15, 0.2) is 54.6 Å². The number of nitrogens with zero attached hydrogens (tertiary/aromatic N) is 1. The van der Waals surface area contributed by atoms with Crippen LogP contribution in [0.1, 0.15) is 37.5 Å². The van der Waals surface area contributed by atoms with Gasteiger partial charge in [0.15, 0.2) is 6.04 Å². The molecule has 0 fully saturated rings. The summed E-state index contributed by atoms with van der Waals surface area (Å²) in [5.74, 6) is -1.87. The predicted molar refractivity (Wildman–Crippen MR) is 123 cm³/mol. The van der Waals surface area contributed by atoms with Crippen LogP contribution in [-0.2, 0) is 31.9 Å². The van der Waals surface area contributed by atoms with Crippen molar-refractivity contribution in [2.24, 2.45) is 0 Å². The molecule has 2 aromatic carbocycles. The van der Waals surface area contributed by atoms with Gasteiger partial charge in [-0.05, 0) is 38.8 Å². The highest BCUT2D eigenvalue weighted by molar-refractivity contribution is 5.82. The number of nitrogens with one attached hydrogen (secondary N) is 1. The summed E-state index contributed by atoms with van der Waals surface area (Å²) in [5.41, 5.74) is 4.45. The monoisotopic (exact) mass is 456 g/mol. The first kappa shape index (κ1) is 25.9. The smallest absolute Gasteiger partial charge is 0.425 e. The largest absolute Gasteiger partial charge is 0.480 e. The van der Waals surface area contributed by atoms with E-state index < -0.39 is 35.7 Å². The van der Waals surface area contributed by atoms with Crippen LogP contribution >= 0.6 is 0 Å². The van der Waals surface area contributed by atoms with Crippen molar-refractivity contribution in [3.8, 4) is 0 Å². The number of carbonyl (C=O) groups excluding carboxylic acids is 2. The highest BCUT2D eigenvalue weighted by Gasteiger charge is 2.37. The fourth-order valence-corrected chi connectivity index (χ4v) is 3.15. The van der Waals surface area contributed by atoms with E-state index >= 15 is 0 Å². The number of hydrogen-bond acceptors (Lipinski definition) is 6. The Morgan fingerprint density at radius 3 is 2.06 bits per heavy atom. The van der Waals surface area contributed by atoms with Crippen LogP contribution in [0.5, 0.6) is 0 Å². The first-order chi connectivity index (χ1) is 15.5. The van der Waals surface area contributed by atoms with Gasteiger partial charge < -0.3 is 14.6 Å². The predicted octanol–water partition coefficient (Wildman–Crippen LogP) is 3.52. The number of hydrogen-bond donors (Lipinski definition) is 2. The normalized spacial score (nSPS) is 13.0. The van der Waals surface area contributed by atoms with E-state index in [2.05, 4.69) is 5.43 Å². The molecule has 1 amide bonds. The number of carbonyl (C=O) groups is 3. The summed E-state index contributed by atoms with van der Waals surface area (Å²) in [6.45, 7) is 7.00. The standard InChI is InChI=1S/C25H32N2O6/c1-17-11-13-19(14-12-17)15-20(22(28)29)26-27(24(31)33-25(2,3)4)21(23(30)32-5)16-18-9-7-6-8-10-18/h6-14,20-21,26H,15-16H2,1-5H3,(H,28,29)/t20-,21-/m0/s1. The topological polar surface area (TPSA) is 105 Å². The third-order valence-corrected chi connectivity index (χ3v) is 4.80. The Labute approximate surface area is 194 Å². The maximum Gasteiger partial charge on any atom is 0.425 e. The highest BCUT2D eigenvalue weighted by Crippen LogP contribution is 2.16. The third-order valence-electron chi connectivity index (χ3n) is 4.80. The van der Waals surface area contributed by atoms with Crippen LogP contribution in [0.4, 0.5) is 4.79 Å². The zero-order valence-corrected chi connectivity index (χ0v) is 19.7. The molecule has 0 spiro atoms. The van der Waals surface area contributed by atoms with E-state index in [0.29, 0.717) is 0 Å². The average molecular weight is 457 g/mol. The molecule has 8 heteroatoms. The lowest BCUT2D eigenvalue weighted by atomic mass is 10.0. The van der Waals surface area contributed by atoms with Gasteiger partial charge in [-0.15, -0.1) is 0 Å². The minimum Gasteiger partial charge on any atom is -0.480 e. The van der Waals surface area contributed by atoms with E-state index in [0.717, 1.165) is 21.7 Å². The second-order valence-corrected chi connectivity index (χ2v) is 8.79. The van der Waals surface area contributed by atoms with E-state index in [1.807, 2.05) is 61.5 Å². The second kappa shape index (κ2) is 11.5. The Hall–Kier alpha value is -3.39. The van der Waals surface area contributed by atoms with E-state index in [1.54, 1.807) is 20.8 Å². The number of carboxylic acids is 1. The number of benzene rings is 2. The number of ether oxygens (including phenoxy) is 2. The zero-order chi connectivity index (χ0) is 24.6. The van der Waals surface area contributed by atoms with Crippen molar-refractivity contribution in [2.45, 2.75) is 58.2 Å². The van der Waals surface area contributed by atoms with Crippen LogP contribution in [0.3, 0.4) is 0 Å². The van der Waals surface area contributed by atoms with Gasteiger partial charge in [0.1, 0.15) is 11.6 Å². The second-order valence-electron chi connectivity index (χ2n) is 8.79. The van der Waals surface area contributed by atoms with Crippen LogP contribution in [0, 0.1) is 6.92 Å². The van der Waals surface area contributed by atoms with Gasteiger partial charge in [-0.25, -0.2) is 20.0 Å². The number of esters is 1. The summed E-state index contributed by atoms with van der Waals surface area (Å²) in [5, 5.41) is 10.8. The first-order valence-corrected chi connectivity index (χ1v) is 10.7. The highest BCUT2D eigenvalue weighted by atomic mass is 16.6. The van der Waals surface area contributed by atoms with Crippen LogP contribution in [0.25, 0.3) is 0 Å². The Kier molecular flexibility index (Phi) is 8.99. The number of aryl methyl sites for hydroxylation is 1. The molecular weight excluding hydrogens is 424 g/mol. The Balaban J connectivity index is 2.40. The molecule has 0 heterocycles. The Morgan fingerprint density at radius 2 is 1.55 bits per heavy atom. The Morgan fingerprint density at radius 1 is 0.970 bits per heavy atom. The number of aliphatic carboxylic acids is 1. The van der Waals surface area contributed by atoms with Crippen LogP contribution in [0.2, 0.25) is 0 Å². The number of rotatable bonds is 9. The van der Waals surface area contributed by atoms with Gasteiger partial charge in [0.25, 0.3) is 0 Å². The summed E-state index contributed by atoms with van der Waals surface area (Å²) in [6, 6.07) is 14.2. The molecule has 8 nitrogen and oxygen atoms in total. The molecule has 0 aromatic heterocycles. The van der Waals surface area contributed by atoms with Crippen LogP contribution < -0.4 is 5.43 Å². The number of methoxy groups -OCH3 is 1. The van der Waals surface area contributed by atoms with Crippen molar-refractivity contribution >= 4 is 18.0 Å². The molecule has 2 atom stereocenters. The molecule has 0 bridgehead atoms. The van der Waals surface area contributed by atoms with Gasteiger partial charge >= 0.3 is 18.0 Å². The van der Waals surface area contributed by atoms with Crippen molar-refractivity contribution in [3.63, 3.8) is 0 Å². The first-order valence-electron chi connectivity index (χ1n) is 10.7. The number of amides is 1. The maximum atomic E-state index is 13.1. The van der Waals surface area contributed by atoms with Crippen molar-refractivity contribution in [1.82, 2.24) is 10.4 Å². The molecule has 0 saturated carbocycles. The molecule has 0 radical (unpaired) electrons. The van der Waals surface area contributed by atoms with Crippen LogP contribution in [-0.4, -0.2) is 52.9 Å². The molecule has 0 saturated heterocycles. The quantitative estimate of drug-likeness (QED) is 0.439. The molecule has 0 aliphatic rings. The van der Waals surface area contributed by atoms with Gasteiger partial charge in [-0.1, -0.05) is 60.2 Å². The van der Waals surface area contributed by atoms with Gasteiger partial charge in [-0.3, -0.25) is 4.79 Å². The van der Waals surface area contributed by atoms with E-state index in [4.69, 9.17) is 9.47 Å². The molecule has 33 heavy (non-hydrogen) atoms. The van der Waals surface area contributed by atoms with Gasteiger partial charge in [0, 0.05) is 12.8 Å². The summed E-state index contributed by atoms with van der Waals surface area (Å²) < 4.78 is 10.4. The van der Waals surface area contributed by atoms with E-state index in [-0.39, 0.29) is 12.8 Å². The summed E-state index contributed by atoms with van der Waals surface area (Å²) in [7, 11) is 1.22. The SMILES string of the molecule is COC(=O)[C@H](Cc1ccccc1)N(N[C@@H](Cc1ccc(C)cc1)C(=O)O)C(=O)OC(C)(C)C. The lowest BCUT2D eigenvalue weighted by Crippen LogP contribution is -2.60. The lowest BCUT2D eigenvalue weighted by molar-refractivity contribution is -0.151.